The van der Waals surface area contributed by atoms with Crippen LogP contribution in [0.5, 0.6) is 0 Å². The zero-order chi connectivity index (χ0) is 15.2. The van der Waals surface area contributed by atoms with Crippen LogP contribution in [-0.4, -0.2) is 15.6 Å². The van der Waals surface area contributed by atoms with Crippen molar-refractivity contribution in [3.05, 3.63) is 47.3 Å². The minimum atomic E-state index is -4.40. The summed E-state index contributed by atoms with van der Waals surface area (Å²) in [5.41, 5.74) is 0.816. The maximum atomic E-state index is 12.8. The van der Waals surface area contributed by atoms with Crippen molar-refractivity contribution in [1.82, 2.24) is 9.78 Å². The Kier molecular flexibility index (Phi) is 3.11. The number of ketones is 1. The second-order valence-corrected chi connectivity index (χ2v) is 5.40. The van der Waals surface area contributed by atoms with Crippen LogP contribution in [0.25, 0.3) is 5.69 Å². The van der Waals surface area contributed by atoms with Gasteiger partial charge in [0.15, 0.2) is 5.78 Å². The van der Waals surface area contributed by atoms with E-state index in [0.29, 0.717) is 29.8 Å². The lowest BCUT2D eigenvalue weighted by Gasteiger charge is -2.19. The van der Waals surface area contributed by atoms with Crippen molar-refractivity contribution in [3.63, 3.8) is 0 Å². The number of carbonyl (C=O) groups is 1. The number of aromatic nitrogens is 2. The highest BCUT2D eigenvalue weighted by atomic mass is 19.4. The molecular formula is C15H13F3N2O. The van der Waals surface area contributed by atoms with Gasteiger partial charge in [0.05, 0.1) is 28.7 Å². The quantitative estimate of drug-likeness (QED) is 0.804. The fraction of sp³-hybridized carbons (Fsp3) is 0.333. The van der Waals surface area contributed by atoms with Gasteiger partial charge in [-0.15, -0.1) is 0 Å². The van der Waals surface area contributed by atoms with E-state index in [0.717, 1.165) is 12.1 Å². The van der Waals surface area contributed by atoms with Crippen molar-refractivity contribution in [2.45, 2.75) is 25.9 Å². The topological polar surface area (TPSA) is 34.9 Å². The van der Waals surface area contributed by atoms with Crippen molar-refractivity contribution in [1.29, 1.82) is 0 Å². The minimum absolute atomic E-state index is 0.00183. The summed E-state index contributed by atoms with van der Waals surface area (Å²) in [5, 5.41) is 4.10. The summed E-state index contributed by atoms with van der Waals surface area (Å²) in [7, 11) is 0. The monoisotopic (exact) mass is 294 g/mol. The number of carbonyl (C=O) groups excluding carboxylic acids is 1. The molecule has 1 aliphatic rings. The highest BCUT2D eigenvalue weighted by Gasteiger charge is 2.31. The summed E-state index contributed by atoms with van der Waals surface area (Å²) < 4.78 is 39.8. The van der Waals surface area contributed by atoms with Crippen molar-refractivity contribution < 1.29 is 18.0 Å². The van der Waals surface area contributed by atoms with Crippen LogP contribution < -0.4 is 0 Å². The van der Waals surface area contributed by atoms with Gasteiger partial charge in [0, 0.05) is 6.42 Å². The van der Waals surface area contributed by atoms with Crippen LogP contribution in [0.15, 0.2) is 30.5 Å². The van der Waals surface area contributed by atoms with E-state index in [1.165, 1.54) is 16.9 Å². The SMILES string of the molecule is C[C@@H]1CC(=O)c2cnn(-c3cccc(C(F)(F)F)c3)c2C1. The van der Waals surface area contributed by atoms with E-state index in [1.807, 2.05) is 6.92 Å². The predicted octanol–water partition coefficient (Wildman–Crippen LogP) is 3.66. The lowest BCUT2D eigenvalue weighted by Crippen LogP contribution is -2.19. The molecule has 1 aromatic carbocycles. The van der Waals surface area contributed by atoms with E-state index < -0.39 is 11.7 Å². The van der Waals surface area contributed by atoms with Crippen LogP contribution in [0.1, 0.15) is 35.0 Å². The van der Waals surface area contributed by atoms with E-state index >= 15 is 0 Å². The van der Waals surface area contributed by atoms with Gasteiger partial charge >= 0.3 is 6.18 Å². The van der Waals surface area contributed by atoms with Gasteiger partial charge in [-0.1, -0.05) is 13.0 Å². The molecule has 0 radical (unpaired) electrons. The zero-order valence-corrected chi connectivity index (χ0v) is 11.3. The molecule has 0 fully saturated rings. The molecule has 1 atom stereocenters. The van der Waals surface area contributed by atoms with E-state index in [4.69, 9.17) is 0 Å². The molecule has 0 aliphatic heterocycles. The minimum Gasteiger partial charge on any atom is -0.294 e. The average Bonchev–Trinajstić information content (AvgIpc) is 2.82. The summed E-state index contributed by atoms with van der Waals surface area (Å²) in [4.78, 5) is 11.9. The average molecular weight is 294 g/mol. The Morgan fingerprint density at radius 3 is 2.76 bits per heavy atom. The van der Waals surface area contributed by atoms with E-state index in [9.17, 15) is 18.0 Å². The molecule has 0 saturated heterocycles. The molecule has 1 heterocycles. The molecule has 3 nitrogen and oxygen atoms in total. The van der Waals surface area contributed by atoms with E-state index in [2.05, 4.69) is 5.10 Å². The zero-order valence-electron chi connectivity index (χ0n) is 11.3. The van der Waals surface area contributed by atoms with Gasteiger partial charge in [0.1, 0.15) is 0 Å². The maximum Gasteiger partial charge on any atom is 0.416 e. The Morgan fingerprint density at radius 1 is 1.29 bits per heavy atom. The number of nitrogens with zero attached hydrogens (tertiary/aromatic N) is 2. The Morgan fingerprint density at radius 2 is 2.05 bits per heavy atom. The van der Waals surface area contributed by atoms with Crippen LogP contribution in [0, 0.1) is 5.92 Å². The lowest BCUT2D eigenvalue weighted by atomic mass is 9.88. The highest BCUT2D eigenvalue weighted by molar-refractivity contribution is 5.98. The second kappa shape index (κ2) is 4.72. The number of halogens is 3. The fourth-order valence-electron chi connectivity index (χ4n) is 2.67. The summed E-state index contributed by atoms with van der Waals surface area (Å²) in [5.74, 6) is 0.174. The third kappa shape index (κ3) is 2.46. The van der Waals surface area contributed by atoms with Crippen molar-refractivity contribution in [2.75, 3.05) is 0 Å². The number of rotatable bonds is 1. The number of hydrogen-bond acceptors (Lipinski definition) is 2. The van der Waals surface area contributed by atoms with Gasteiger partial charge in [-0.3, -0.25) is 4.79 Å². The molecule has 1 aromatic heterocycles. The summed E-state index contributed by atoms with van der Waals surface area (Å²) in [6, 6.07) is 4.98. The molecular weight excluding hydrogens is 281 g/mol. The highest BCUT2D eigenvalue weighted by Crippen LogP contribution is 2.32. The first-order valence-electron chi connectivity index (χ1n) is 6.64. The first kappa shape index (κ1) is 13.9. The number of alkyl halides is 3. The van der Waals surface area contributed by atoms with Crippen molar-refractivity contribution in [2.24, 2.45) is 5.92 Å². The number of Topliss-reactive ketones (excluding diaryl/α,β-unsaturated/α-hetero) is 1. The second-order valence-electron chi connectivity index (χ2n) is 5.40. The number of fused-ring (bicyclic) bond motifs is 1. The van der Waals surface area contributed by atoms with Crippen LogP contribution in [-0.2, 0) is 12.6 Å². The van der Waals surface area contributed by atoms with Crippen molar-refractivity contribution in [3.8, 4) is 5.69 Å². The van der Waals surface area contributed by atoms with Crippen LogP contribution in [0.4, 0.5) is 13.2 Å². The number of benzene rings is 1. The van der Waals surface area contributed by atoms with Gasteiger partial charge in [0.25, 0.3) is 0 Å². The van der Waals surface area contributed by atoms with Crippen LogP contribution in [0.3, 0.4) is 0 Å². The Hall–Kier alpha value is -2.11. The Balaban J connectivity index is 2.09. The van der Waals surface area contributed by atoms with Gasteiger partial charge in [0.2, 0.25) is 0 Å². The molecule has 6 heteroatoms. The van der Waals surface area contributed by atoms with Gasteiger partial charge in [-0.05, 0) is 30.5 Å². The molecule has 0 bridgehead atoms. The number of hydrogen-bond donors (Lipinski definition) is 0. The lowest BCUT2D eigenvalue weighted by molar-refractivity contribution is -0.137. The first-order valence-corrected chi connectivity index (χ1v) is 6.64. The standard InChI is InChI=1S/C15H13F3N2O/c1-9-5-13-12(14(21)6-9)8-19-20(13)11-4-2-3-10(7-11)15(16,17)18/h2-4,7-9H,5-6H2,1H3/t9-/m0/s1. The molecule has 1 aliphatic carbocycles. The normalized spacial score (nSPS) is 18.7. The summed E-state index contributed by atoms with van der Waals surface area (Å²) in [6.07, 6.45) is -1.85. The molecule has 0 unspecified atom stereocenters. The van der Waals surface area contributed by atoms with E-state index in [-0.39, 0.29) is 11.7 Å². The molecule has 0 spiro atoms. The Labute approximate surface area is 119 Å². The summed E-state index contributed by atoms with van der Waals surface area (Å²) in [6.45, 7) is 1.95. The largest absolute Gasteiger partial charge is 0.416 e. The Bertz CT molecular complexity index is 703. The predicted molar refractivity (Wildman–Crippen MR) is 70.4 cm³/mol. The smallest absolute Gasteiger partial charge is 0.294 e. The van der Waals surface area contributed by atoms with Crippen LogP contribution >= 0.6 is 0 Å². The third-order valence-corrected chi connectivity index (χ3v) is 3.66. The van der Waals surface area contributed by atoms with Gasteiger partial charge in [-0.2, -0.15) is 18.3 Å². The van der Waals surface area contributed by atoms with Gasteiger partial charge < -0.3 is 0 Å². The van der Waals surface area contributed by atoms with Crippen LogP contribution in [0.2, 0.25) is 0 Å². The summed E-state index contributed by atoms with van der Waals surface area (Å²) >= 11 is 0. The maximum absolute atomic E-state index is 12.8. The molecule has 2 aromatic rings. The molecule has 3 rings (SSSR count). The van der Waals surface area contributed by atoms with Crippen molar-refractivity contribution >= 4 is 5.78 Å². The van der Waals surface area contributed by atoms with Gasteiger partial charge in [-0.25, -0.2) is 4.68 Å². The van der Waals surface area contributed by atoms with E-state index in [1.54, 1.807) is 6.07 Å². The third-order valence-electron chi connectivity index (χ3n) is 3.66. The molecule has 110 valence electrons. The molecule has 0 saturated carbocycles. The molecule has 21 heavy (non-hydrogen) atoms. The molecule has 0 N–H and O–H groups in total. The molecule has 0 amide bonds. The first-order chi connectivity index (χ1) is 9.86. The fourth-order valence-corrected chi connectivity index (χ4v) is 2.67.